The predicted molar refractivity (Wildman–Crippen MR) is 93.3 cm³/mol. The third kappa shape index (κ3) is 1.78. The van der Waals surface area contributed by atoms with Crippen LogP contribution in [0, 0.1) is 0 Å². The Morgan fingerprint density at radius 1 is 0.864 bits per heavy atom. The molecule has 1 fully saturated rings. The van der Waals surface area contributed by atoms with Crippen LogP contribution in [0.2, 0.25) is 0 Å². The molecular formula is C21H25N. The fourth-order valence-electron chi connectivity index (χ4n) is 4.82. The van der Waals surface area contributed by atoms with E-state index in [4.69, 9.17) is 0 Å². The van der Waals surface area contributed by atoms with Crippen LogP contribution in [0.3, 0.4) is 0 Å². The molecular weight excluding hydrogens is 266 g/mol. The van der Waals surface area contributed by atoms with Gasteiger partial charge in [-0.25, -0.2) is 0 Å². The molecule has 22 heavy (non-hydrogen) atoms. The van der Waals surface area contributed by atoms with Crippen molar-refractivity contribution in [3.63, 3.8) is 0 Å². The molecule has 4 rings (SSSR count). The molecule has 1 heteroatoms. The predicted octanol–water partition coefficient (Wildman–Crippen LogP) is 5.30. The number of para-hydroxylation sites is 1. The molecule has 2 aromatic rings. The monoisotopic (exact) mass is 291 g/mol. The van der Waals surface area contributed by atoms with Gasteiger partial charge < -0.3 is 4.90 Å². The molecule has 1 saturated carbocycles. The lowest BCUT2D eigenvalue weighted by molar-refractivity contribution is 0.182. The quantitative estimate of drug-likeness (QED) is 0.726. The van der Waals surface area contributed by atoms with E-state index in [2.05, 4.69) is 73.3 Å². The summed E-state index contributed by atoms with van der Waals surface area (Å²) in [6, 6.07) is 20.0. The smallest absolute Gasteiger partial charge is 0.0472 e. The number of benzene rings is 2. The summed E-state index contributed by atoms with van der Waals surface area (Å²) in [6.45, 7) is 6.01. The first-order valence-corrected chi connectivity index (χ1v) is 8.56. The Morgan fingerprint density at radius 2 is 1.55 bits per heavy atom. The van der Waals surface area contributed by atoms with Crippen molar-refractivity contribution in [2.75, 3.05) is 4.90 Å². The molecule has 0 unspecified atom stereocenters. The van der Waals surface area contributed by atoms with Crippen LogP contribution in [-0.2, 0) is 12.0 Å². The van der Waals surface area contributed by atoms with E-state index < -0.39 is 0 Å². The van der Waals surface area contributed by atoms with Gasteiger partial charge in [0.15, 0.2) is 0 Å². The minimum Gasteiger partial charge on any atom is -0.361 e. The van der Waals surface area contributed by atoms with Gasteiger partial charge in [0.05, 0.1) is 0 Å². The Hall–Kier alpha value is -1.76. The van der Waals surface area contributed by atoms with Crippen molar-refractivity contribution in [3.05, 3.63) is 65.7 Å². The summed E-state index contributed by atoms with van der Waals surface area (Å²) in [7, 11) is 0. The molecule has 2 atom stereocenters. The summed E-state index contributed by atoms with van der Waals surface area (Å²) < 4.78 is 0. The van der Waals surface area contributed by atoms with Crippen molar-refractivity contribution in [1.82, 2.24) is 0 Å². The second kappa shape index (κ2) is 4.87. The van der Waals surface area contributed by atoms with Crippen molar-refractivity contribution in [3.8, 4) is 0 Å². The number of anilines is 1. The molecule has 2 aliphatic rings. The molecule has 1 nitrogen and oxygen atoms in total. The van der Waals surface area contributed by atoms with Crippen LogP contribution >= 0.6 is 0 Å². The van der Waals surface area contributed by atoms with Crippen molar-refractivity contribution in [2.45, 2.75) is 57.0 Å². The van der Waals surface area contributed by atoms with Gasteiger partial charge in [-0.2, -0.15) is 0 Å². The van der Waals surface area contributed by atoms with Crippen LogP contribution in [0.4, 0.5) is 5.69 Å². The van der Waals surface area contributed by atoms with Crippen LogP contribution in [0.5, 0.6) is 0 Å². The second-order valence-corrected chi connectivity index (χ2v) is 7.40. The zero-order valence-corrected chi connectivity index (χ0v) is 13.7. The van der Waals surface area contributed by atoms with E-state index in [-0.39, 0.29) is 11.0 Å². The fraction of sp³-hybridized carbons (Fsp3) is 0.429. The van der Waals surface area contributed by atoms with E-state index in [1.54, 1.807) is 5.56 Å². The fourth-order valence-corrected chi connectivity index (χ4v) is 4.82. The van der Waals surface area contributed by atoms with E-state index in [1.165, 1.54) is 36.9 Å². The molecule has 1 heterocycles. The molecule has 2 aromatic carbocycles. The molecule has 0 bridgehead atoms. The summed E-state index contributed by atoms with van der Waals surface area (Å²) in [5.41, 5.74) is 4.96. The maximum Gasteiger partial charge on any atom is 0.0472 e. The van der Waals surface area contributed by atoms with Gasteiger partial charge in [0, 0.05) is 23.2 Å². The van der Waals surface area contributed by atoms with Gasteiger partial charge in [-0.3, -0.25) is 0 Å². The molecule has 1 aliphatic carbocycles. The average molecular weight is 291 g/mol. The Balaban J connectivity index is 1.82. The van der Waals surface area contributed by atoms with Crippen LogP contribution < -0.4 is 4.90 Å². The molecule has 114 valence electrons. The average Bonchev–Trinajstić information content (AvgIpc) is 2.75. The molecule has 1 aliphatic heterocycles. The lowest BCUT2D eigenvalue weighted by Gasteiger charge is -2.50. The van der Waals surface area contributed by atoms with Gasteiger partial charge >= 0.3 is 0 Å². The van der Waals surface area contributed by atoms with Crippen molar-refractivity contribution < 1.29 is 0 Å². The SMILES string of the molecule is C[C@@]12CCCC[C@]1(C)c1ccccc1N2Cc1ccccc1. The maximum absolute atomic E-state index is 2.69. The number of hydrogen-bond acceptors (Lipinski definition) is 1. The van der Waals surface area contributed by atoms with E-state index in [9.17, 15) is 0 Å². The molecule has 0 spiro atoms. The molecule has 0 radical (unpaired) electrons. The Morgan fingerprint density at radius 3 is 2.36 bits per heavy atom. The highest BCUT2D eigenvalue weighted by Crippen LogP contribution is 2.58. The van der Waals surface area contributed by atoms with Gasteiger partial charge in [0.25, 0.3) is 0 Å². The second-order valence-electron chi connectivity index (χ2n) is 7.40. The normalized spacial score (nSPS) is 30.0. The zero-order valence-electron chi connectivity index (χ0n) is 13.7. The van der Waals surface area contributed by atoms with Crippen molar-refractivity contribution in [1.29, 1.82) is 0 Å². The zero-order chi connectivity index (χ0) is 15.2. The topological polar surface area (TPSA) is 3.24 Å². The number of fused-ring (bicyclic) bond motifs is 3. The third-order valence-corrected chi connectivity index (χ3v) is 6.35. The van der Waals surface area contributed by atoms with Gasteiger partial charge in [-0.15, -0.1) is 0 Å². The van der Waals surface area contributed by atoms with Crippen LogP contribution in [0.1, 0.15) is 50.7 Å². The molecule has 0 aromatic heterocycles. The van der Waals surface area contributed by atoms with Crippen molar-refractivity contribution in [2.24, 2.45) is 0 Å². The minimum absolute atomic E-state index is 0.241. The third-order valence-electron chi connectivity index (χ3n) is 6.35. The van der Waals surface area contributed by atoms with Crippen LogP contribution in [0.15, 0.2) is 54.6 Å². The van der Waals surface area contributed by atoms with Gasteiger partial charge in [0.1, 0.15) is 0 Å². The van der Waals surface area contributed by atoms with E-state index in [1.807, 2.05) is 0 Å². The first-order valence-electron chi connectivity index (χ1n) is 8.56. The van der Waals surface area contributed by atoms with Gasteiger partial charge in [-0.1, -0.05) is 68.3 Å². The summed E-state index contributed by atoms with van der Waals surface area (Å²) in [4.78, 5) is 2.69. The highest BCUT2D eigenvalue weighted by atomic mass is 15.2. The van der Waals surface area contributed by atoms with Gasteiger partial charge in [0.2, 0.25) is 0 Å². The largest absolute Gasteiger partial charge is 0.361 e. The molecule has 0 N–H and O–H groups in total. The van der Waals surface area contributed by atoms with Crippen molar-refractivity contribution >= 4 is 5.69 Å². The summed E-state index contributed by atoms with van der Waals surface area (Å²) in [6.07, 6.45) is 5.32. The standard InChI is InChI=1S/C21H25N/c1-20-14-8-9-15-21(20,2)22(16-17-10-4-3-5-11-17)19-13-7-6-12-18(19)20/h3-7,10-13H,8-9,14-16H2,1-2H3/t20-,21-/m1/s1. The molecule has 0 saturated heterocycles. The minimum atomic E-state index is 0.241. The summed E-state index contributed by atoms with van der Waals surface area (Å²) in [5.74, 6) is 0. The molecule has 0 amide bonds. The highest BCUT2D eigenvalue weighted by molar-refractivity contribution is 5.67. The Bertz CT molecular complexity index is 677. The summed E-state index contributed by atoms with van der Waals surface area (Å²) in [5, 5.41) is 0. The summed E-state index contributed by atoms with van der Waals surface area (Å²) >= 11 is 0. The first-order chi connectivity index (χ1) is 10.7. The van der Waals surface area contributed by atoms with Crippen LogP contribution in [-0.4, -0.2) is 5.54 Å². The van der Waals surface area contributed by atoms with E-state index >= 15 is 0 Å². The maximum atomic E-state index is 2.69. The Labute approximate surface area is 134 Å². The van der Waals surface area contributed by atoms with Gasteiger partial charge in [-0.05, 0) is 37.0 Å². The van der Waals surface area contributed by atoms with Crippen LogP contribution in [0.25, 0.3) is 0 Å². The first kappa shape index (κ1) is 13.9. The van der Waals surface area contributed by atoms with E-state index in [0.29, 0.717) is 0 Å². The lowest BCUT2D eigenvalue weighted by atomic mass is 9.61. The highest BCUT2D eigenvalue weighted by Gasteiger charge is 2.56. The van der Waals surface area contributed by atoms with E-state index in [0.717, 1.165) is 6.54 Å². The number of hydrogen-bond donors (Lipinski definition) is 0. The lowest BCUT2D eigenvalue weighted by Crippen LogP contribution is -2.56. The Kier molecular flexibility index (Phi) is 3.07. The number of rotatable bonds is 2. The number of nitrogens with zero attached hydrogens (tertiary/aromatic N) is 1.